The van der Waals surface area contributed by atoms with Gasteiger partial charge >= 0.3 is 0 Å². The lowest BCUT2D eigenvalue weighted by Gasteiger charge is -2.34. The van der Waals surface area contributed by atoms with Crippen LogP contribution in [0, 0.1) is 20.8 Å². The molecule has 1 fully saturated rings. The third-order valence-electron chi connectivity index (χ3n) is 8.76. The molecule has 1 N–H and O–H groups in total. The van der Waals surface area contributed by atoms with Gasteiger partial charge in [-0.3, -0.25) is 13.9 Å². The van der Waals surface area contributed by atoms with E-state index >= 15 is 0 Å². The van der Waals surface area contributed by atoms with E-state index < -0.39 is 28.5 Å². The maximum Gasteiger partial charge on any atom is 0.264 e. The molecular formula is C38H42ClN3O4S. The average molecular weight is 672 g/mol. The first kappa shape index (κ1) is 34.2. The van der Waals surface area contributed by atoms with Crippen LogP contribution in [0.2, 0.25) is 5.02 Å². The average Bonchev–Trinajstić information content (AvgIpc) is 3.57. The van der Waals surface area contributed by atoms with Crippen LogP contribution in [0.3, 0.4) is 0 Å². The first-order valence-corrected chi connectivity index (χ1v) is 17.9. The summed E-state index contributed by atoms with van der Waals surface area (Å²) in [5.74, 6) is -0.734. The van der Waals surface area contributed by atoms with Crippen LogP contribution >= 0.6 is 11.6 Å². The molecule has 246 valence electrons. The third kappa shape index (κ3) is 8.62. The highest BCUT2D eigenvalue weighted by molar-refractivity contribution is 7.92. The van der Waals surface area contributed by atoms with Crippen molar-refractivity contribution in [2.45, 2.75) is 76.4 Å². The summed E-state index contributed by atoms with van der Waals surface area (Å²) in [6.45, 7) is 5.21. The number of nitrogens with zero attached hydrogens (tertiary/aromatic N) is 2. The zero-order valence-electron chi connectivity index (χ0n) is 27.2. The molecule has 1 atom stereocenters. The molecule has 0 heterocycles. The first-order chi connectivity index (χ1) is 22.5. The normalized spacial score (nSPS) is 14.0. The molecule has 0 bridgehead atoms. The number of rotatable bonds is 12. The molecule has 47 heavy (non-hydrogen) atoms. The molecule has 4 aromatic rings. The van der Waals surface area contributed by atoms with Gasteiger partial charge in [0.1, 0.15) is 12.6 Å². The molecule has 0 unspecified atom stereocenters. The van der Waals surface area contributed by atoms with E-state index in [1.807, 2.05) is 75.4 Å². The highest BCUT2D eigenvalue weighted by Crippen LogP contribution is 2.29. The van der Waals surface area contributed by atoms with Crippen molar-refractivity contribution < 1.29 is 18.0 Å². The van der Waals surface area contributed by atoms with Crippen molar-refractivity contribution in [3.05, 3.63) is 130 Å². The fraction of sp³-hybridized carbons (Fsp3) is 0.316. The van der Waals surface area contributed by atoms with Crippen molar-refractivity contribution >= 4 is 39.1 Å². The number of hydrogen-bond donors (Lipinski definition) is 1. The van der Waals surface area contributed by atoms with Crippen LogP contribution in [0.4, 0.5) is 5.69 Å². The number of carbonyl (C=O) groups is 2. The highest BCUT2D eigenvalue weighted by atomic mass is 35.5. The molecular weight excluding hydrogens is 630 g/mol. The zero-order chi connectivity index (χ0) is 33.6. The number of benzene rings is 4. The molecule has 0 radical (unpaired) electrons. The summed E-state index contributed by atoms with van der Waals surface area (Å²) in [5.41, 5.74) is 4.58. The topological polar surface area (TPSA) is 86.8 Å². The van der Waals surface area contributed by atoms with Gasteiger partial charge in [0, 0.05) is 24.0 Å². The minimum atomic E-state index is -4.17. The van der Waals surface area contributed by atoms with Crippen LogP contribution in [-0.2, 0) is 32.6 Å². The van der Waals surface area contributed by atoms with E-state index in [4.69, 9.17) is 11.6 Å². The molecule has 0 aliphatic heterocycles. The maximum atomic E-state index is 14.7. The Morgan fingerprint density at radius 1 is 0.830 bits per heavy atom. The molecule has 7 nitrogen and oxygen atoms in total. The molecule has 5 rings (SSSR count). The molecule has 1 aliphatic carbocycles. The fourth-order valence-electron chi connectivity index (χ4n) is 6.05. The van der Waals surface area contributed by atoms with Crippen LogP contribution in [-0.4, -0.2) is 43.8 Å². The van der Waals surface area contributed by atoms with Crippen LogP contribution in [0.5, 0.6) is 0 Å². The highest BCUT2D eigenvalue weighted by Gasteiger charge is 2.36. The molecule has 1 aliphatic rings. The predicted octanol–water partition coefficient (Wildman–Crippen LogP) is 7.16. The Bertz CT molecular complexity index is 1790. The summed E-state index contributed by atoms with van der Waals surface area (Å²) in [5, 5.41) is 3.76. The lowest BCUT2D eigenvalue weighted by Crippen LogP contribution is -2.54. The van der Waals surface area contributed by atoms with Crippen molar-refractivity contribution in [3.8, 4) is 0 Å². The number of anilines is 1. The Morgan fingerprint density at radius 3 is 2.13 bits per heavy atom. The number of nitrogens with one attached hydrogen (secondary N) is 1. The van der Waals surface area contributed by atoms with Crippen molar-refractivity contribution in [3.63, 3.8) is 0 Å². The van der Waals surface area contributed by atoms with Gasteiger partial charge in [-0.15, -0.1) is 0 Å². The van der Waals surface area contributed by atoms with Gasteiger partial charge in [0.05, 0.1) is 10.6 Å². The second kappa shape index (κ2) is 15.2. The Hall–Kier alpha value is -4.14. The van der Waals surface area contributed by atoms with Crippen LogP contribution in [0.1, 0.15) is 53.5 Å². The quantitative estimate of drug-likeness (QED) is 0.173. The Labute approximate surface area is 283 Å². The van der Waals surface area contributed by atoms with Gasteiger partial charge in [-0.05, 0) is 86.2 Å². The molecule has 9 heteroatoms. The summed E-state index contributed by atoms with van der Waals surface area (Å²) in [6, 6.07) is 28.0. The standard InChI is InChI=1S/C38H42ClN3O4S/c1-27-14-21-34(22-15-27)47(45,46)42(35-23-28(2)13-16-29(35)3)26-37(43)41(25-31-17-19-32(39)20-18-31)36(24-30-9-5-4-6-10-30)38(44)40-33-11-7-8-12-33/h4-6,9-10,13-23,33,36H,7-8,11-12,24-26H2,1-3H3,(H,40,44)/t36-/m0/s1. The Morgan fingerprint density at radius 2 is 1.47 bits per heavy atom. The largest absolute Gasteiger partial charge is 0.352 e. The lowest BCUT2D eigenvalue weighted by atomic mass is 10.0. The summed E-state index contributed by atoms with van der Waals surface area (Å²) in [7, 11) is -4.17. The van der Waals surface area contributed by atoms with Crippen LogP contribution in [0.15, 0.2) is 102 Å². The second-order valence-corrected chi connectivity index (χ2v) is 14.8. The van der Waals surface area contributed by atoms with E-state index in [1.54, 1.807) is 42.5 Å². The predicted molar refractivity (Wildman–Crippen MR) is 188 cm³/mol. The Balaban J connectivity index is 1.58. The molecule has 0 saturated heterocycles. The number of halogens is 1. The number of carbonyl (C=O) groups excluding carboxylic acids is 2. The first-order valence-electron chi connectivity index (χ1n) is 16.1. The summed E-state index contributed by atoms with van der Waals surface area (Å²) in [4.78, 5) is 30.5. The van der Waals surface area contributed by atoms with Gasteiger partial charge in [0.15, 0.2) is 0 Å². The summed E-state index contributed by atoms with van der Waals surface area (Å²) >= 11 is 6.19. The van der Waals surface area contributed by atoms with Crippen LogP contribution < -0.4 is 9.62 Å². The molecule has 0 aromatic heterocycles. The third-order valence-corrected chi connectivity index (χ3v) is 10.8. The fourth-order valence-corrected chi connectivity index (χ4v) is 7.64. The smallest absolute Gasteiger partial charge is 0.264 e. The van der Waals surface area contributed by atoms with Gasteiger partial charge in [0.25, 0.3) is 10.0 Å². The molecule has 1 saturated carbocycles. The lowest BCUT2D eigenvalue weighted by molar-refractivity contribution is -0.140. The Kier molecular flexibility index (Phi) is 11.0. The molecule has 0 spiro atoms. The number of sulfonamides is 1. The van der Waals surface area contributed by atoms with E-state index in [9.17, 15) is 18.0 Å². The van der Waals surface area contributed by atoms with Gasteiger partial charge in [-0.1, -0.05) is 96.7 Å². The van der Waals surface area contributed by atoms with E-state index in [-0.39, 0.29) is 29.8 Å². The summed E-state index contributed by atoms with van der Waals surface area (Å²) < 4.78 is 29.9. The number of hydrogen-bond acceptors (Lipinski definition) is 4. The van der Waals surface area contributed by atoms with Gasteiger partial charge in [-0.25, -0.2) is 8.42 Å². The van der Waals surface area contributed by atoms with E-state index in [1.165, 1.54) is 9.21 Å². The molecule has 2 amide bonds. The van der Waals surface area contributed by atoms with Crippen LogP contribution in [0.25, 0.3) is 0 Å². The minimum Gasteiger partial charge on any atom is -0.352 e. The summed E-state index contributed by atoms with van der Waals surface area (Å²) in [6.07, 6.45) is 4.15. The van der Waals surface area contributed by atoms with E-state index in [0.717, 1.165) is 47.9 Å². The van der Waals surface area contributed by atoms with Crippen molar-refractivity contribution in [2.24, 2.45) is 0 Å². The van der Waals surface area contributed by atoms with Crippen molar-refractivity contribution in [1.82, 2.24) is 10.2 Å². The monoisotopic (exact) mass is 671 g/mol. The SMILES string of the molecule is Cc1ccc(S(=O)(=O)N(CC(=O)N(Cc2ccc(Cl)cc2)[C@@H](Cc2ccccc2)C(=O)NC2CCCC2)c2cc(C)ccc2C)cc1. The van der Waals surface area contributed by atoms with Crippen molar-refractivity contribution in [2.75, 3.05) is 10.8 Å². The number of aryl methyl sites for hydroxylation is 3. The second-order valence-electron chi connectivity index (χ2n) is 12.5. The minimum absolute atomic E-state index is 0.0432. The van der Waals surface area contributed by atoms with E-state index in [2.05, 4.69) is 5.32 Å². The number of amides is 2. The van der Waals surface area contributed by atoms with Gasteiger partial charge in [-0.2, -0.15) is 0 Å². The molecule has 4 aromatic carbocycles. The van der Waals surface area contributed by atoms with E-state index in [0.29, 0.717) is 16.3 Å². The maximum absolute atomic E-state index is 14.7. The van der Waals surface area contributed by atoms with Gasteiger partial charge in [0.2, 0.25) is 11.8 Å². The van der Waals surface area contributed by atoms with Gasteiger partial charge < -0.3 is 10.2 Å². The van der Waals surface area contributed by atoms with Crippen molar-refractivity contribution in [1.29, 1.82) is 0 Å². The zero-order valence-corrected chi connectivity index (χ0v) is 28.7.